The first-order chi connectivity index (χ1) is 13.5. The SMILES string of the molecule is CC(=O)NC(CC(=O)OC(C)(C)C)c1ccc(OS(=O)(=O)c2ccccc2)cc1. The molecule has 0 aliphatic rings. The lowest BCUT2D eigenvalue weighted by molar-refractivity contribution is -0.155. The minimum Gasteiger partial charge on any atom is -0.460 e. The summed E-state index contributed by atoms with van der Waals surface area (Å²) in [7, 11) is -3.95. The number of amides is 1. The normalized spacial score (nSPS) is 12.7. The van der Waals surface area contributed by atoms with Gasteiger partial charge in [0, 0.05) is 6.92 Å². The highest BCUT2D eigenvalue weighted by Crippen LogP contribution is 2.24. The molecule has 1 unspecified atom stereocenters. The molecular weight excluding hydrogens is 394 g/mol. The summed E-state index contributed by atoms with van der Waals surface area (Å²) in [6.45, 7) is 6.64. The quantitative estimate of drug-likeness (QED) is 0.546. The van der Waals surface area contributed by atoms with E-state index in [4.69, 9.17) is 8.92 Å². The zero-order chi connectivity index (χ0) is 21.7. The van der Waals surface area contributed by atoms with E-state index in [2.05, 4.69) is 5.32 Å². The molecule has 8 heteroatoms. The molecule has 2 aromatic rings. The number of carbonyl (C=O) groups excluding carboxylic acids is 2. The average Bonchev–Trinajstić information content (AvgIpc) is 2.60. The first-order valence-electron chi connectivity index (χ1n) is 9.05. The average molecular weight is 419 g/mol. The van der Waals surface area contributed by atoms with E-state index in [-0.39, 0.29) is 23.0 Å². The Morgan fingerprint density at radius 3 is 2.10 bits per heavy atom. The summed E-state index contributed by atoms with van der Waals surface area (Å²) in [6.07, 6.45) is -0.0562. The van der Waals surface area contributed by atoms with Crippen LogP contribution in [0, 0.1) is 0 Å². The van der Waals surface area contributed by atoms with Crippen LogP contribution in [0.1, 0.15) is 45.7 Å². The van der Waals surface area contributed by atoms with Crippen molar-refractivity contribution in [3.8, 4) is 5.75 Å². The molecule has 2 rings (SSSR count). The van der Waals surface area contributed by atoms with Crippen LogP contribution in [0.15, 0.2) is 59.5 Å². The second-order valence-corrected chi connectivity index (χ2v) is 9.01. The fraction of sp³-hybridized carbons (Fsp3) is 0.333. The number of nitrogens with one attached hydrogen (secondary N) is 1. The number of ether oxygens (including phenoxy) is 1. The van der Waals surface area contributed by atoms with Gasteiger partial charge in [0.1, 0.15) is 16.2 Å². The molecule has 0 saturated heterocycles. The minimum atomic E-state index is -3.95. The zero-order valence-corrected chi connectivity index (χ0v) is 17.7. The van der Waals surface area contributed by atoms with Gasteiger partial charge in [0.05, 0.1) is 12.5 Å². The van der Waals surface area contributed by atoms with Crippen LogP contribution in [0.5, 0.6) is 5.75 Å². The molecule has 0 bridgehead atoms. The fourth-order valence-electron chi connectivity index (χ4n) is 2.57. The molecule has 0 radical (unpaired) electrons. The third kappa shape index (κ3) is 7.23. The third-order valence-corrected chi connectivity index (χ3v) is 4.95. The van der Waals surface area contributed by atoms with Crippen molar-refractivity contribution in [2.45, 2.75) is 50.7 Å². The largest absolute Gasteiger partial charge is 0.460 e. The van der Waals surface area contributed by atoms with Gasteiger partial charge >= 0.3 is 16.1 Å². The Bertz CT molecular complexity index is 947. The van der Waals surface area contributed by atoms with Crippen molar-refractivity contribution in [2.75, 3.05) is 0 Å². The predicted octanol–water partition coefficient (Wildman–Crippen LogP) is 3.36. The van der Waals surface area contributed by atoms with Crippen molar-refractivity contribution in [3.05, 3.63) is 60.2 Å². The third-order valence-electron chi connectivity index (χ3n) is 3.69. The molecule has 0 aromatic heterocycles. The van der Waals surface area contributed by atoms with Crippen LogP contribution in [-0.4, -0.2) is 25.9 Å². The Hall–Kier alpha value is -2.87. The molecule has 0 heterocycles. The predicted molar refractivity (Wildman–Crippen MR) is 108 cm³/mol. The Kier molecular flexibility index (Phi) is 7.02. The van der Waals surface area contributed by atoms with Gasteiger partial charge in [-0.1, -0.05) is 30.3 Å². The topological polar surface area (TPSA) is 98.8 Å². The van der Waals surface area contributed by atoms with Gasteiger partial charge in [-0.15, -0.1) is 0 Å². The van der Waals surface area contributed by atoms with Gasteiger partial charge in [0.15, 0.2) is 0 Å². The molecule has 0 fully saturated rings. The highest BCUT2D eigenvalue weighted by molar-refractivity contribution is 7.87. The monoisotopic (exact) mass is 419 g/mol. The van der Waals surface area contributed by atoms with Crippen molar-refractivity contribution < 1.29 is 26.9 Å². The van der Waals surface area contributed by atoms with Crippen LogP contribution >= 0.6 is 0 Å². The molecule has 0 aliphatic heterocycles. The first-order valence-corrected chi connectivity index (χ1v) is 10.5. The Balaban J connectivity index is 2.16. The van der Waals surface area contributed by atoms with Crippen molar-refractivity contribution >= 4 is 22.0 Å². The Labute approximate surface area is 171 Å². The van der Waals surface area contributed by atoms with Gasteiger partial charge in [0.2, 0.25) is 5.91 Å². The Morgan fingerprint density at radius 2 is 1.59 bits per heavy atom. The van der Waals surface area contributed by atoms with Crippen LogP contribution in [0.3, 0.4) is 0 Å². The van der Waals surface area contributed by atoms with Crippen molar-refractivity contribution in [2.24, 2.45) is 0 Å². The molecule has 156 valence electrons. The second kappa shape index (κ2) is 9.09. The number of esters is 1. The van der Waals surface area contributed by atoms with Crippen LogP contribution < -0.4 is 9.50 Å². The lowest BCUT2D eigenvalue weighted by Crippen LogP contribution is -2.31. The minimum absolute atomic E-state index is 0.0464. The second-order valence-electron chi connectivity index (χ2n) is 7.46. The number of benzene rings is 2. The van der Waals surface area contributed by atoms with Crippen molar-refractivity contribution in [1.29, 1.82) is 0 Å². The number of hydrogen-bond donors (Lipinski definition) is 1. The van der Waals surface area contributed by atoms with E-state index < -0.39 is 27.7 Å². The summed E-state index contributed by atoms with van der Waals surface area (Å²) in [5.74, 6) is -0.634. The highest BCUT2D eigenvalue weighted by Gasteiger charge is 2.23. The van der Waals surface area contributed by atoms with Gasteiger partial charge in [-0.05, 0) is 50.6 Å². The summed E-state index contributed by atoms with van der Waals surface area (Å²) in [5, 5.41) is 2.71. The number of carbonyl (C=O) groups is 2. The van der Waals surface area contributed by atoms with Crippen LogP contribution in [-0.2, 0) is 24.4 Å². The van der Waals surface area contributed by atoms with Crippen molar-refractivity contribution in [1.82, 2.24) is 5.32 Å². The molecule has 29 heavy (non-hydrogen) atoms. The summed E-state index contributed by atoms with van der Waals surface area (Å²) in [4.78, 5) is 23.7. The first kappa shape index (κ1) is 22.4. The summed E-state index contributed by atoms with van der Waals surface area (Å²) in [5.41, 5.74) is -0.0167. The molecule has 7 nitrogen and oxygen atoms in total. The molecule has 1 atom stereocenters. The van der Waals surface area contributed by atoms with E-state index in [0.29, 0.717) is 5.56 Å². The maximum atomic E-state index is 12.3. The molecule has 0 aliphatic carbocycles. The molecule has 2 aromatic carbocycles. The zero-order valence-electron chi connectivity index (χ0n) is 16.8. The highest BCUT2D eigenvalue weighted by atomic mass is 32.2. The molecule has 0 saturated carbocycles. The summed E-state index contributed by atoms with van der Waals surface area (Å²) < 4.78 is 35.1. The van der Waals surface area contributed by atoms with E-state index in [9.17, 15) is 18.0 Å². The lowest BCUT2D eigenvalue weighted by Gasteiger charge is -2.23. The van der Waals surface area contributed by atoms with Crippen LogP contribution in [0.4, 0.5) is 0 Å². The Morgan fingerprint density at radius 1 is 1.00 bits per heavy atom. The molecular formula is C21H25NO6S. The number of hydrogen-bond acceptors (Lipinski definition) is 6. The van der Waals surface area contributed by atoms with Gasteiger partial charge in [-0.3, -0.25) is 9.59 Å². The maximum absolute atomic E-state index is 12.3. The standard InChI is InChI=1S/C21H25NO6S/c1-15(23)22-19(14-20(24)27-21(2,3)4)16-10-12-17(13-11-16)28-29(25,26)18-8-6-5-7-9-18/h5-13,19H,14H2,1-4H3,(H,22,23). The molecule has 0 spiro atoms. The van der Waals surface area contributed by atoms with E-state index in [1.807, 2.05) is 0 Å². The smallest absolute Gasteiger partial charge is 0.339 e. The number of rotatable bonds is 7. The van der Waals surface area contributed by atoms with Crippen LogP contribution in [0.25, 0.3) is 0 Å². The maximum Gasteiger partial charge on any atom is 0.339 e. The summed E-state index contributed by atoms with van der Waals surface area (Å²) >= 11 is 0. The van der Waals surface area contributed by atoms with Gasteiger partial charge < -0.3 is 14.2 Å². The van der Waals surface area contributed by atoms with E-state index in [1.165, 1.54) is 31.2 Å². The van der Waals surface area contributed by atoms with Crippen LogP contribution in [0.2, 0.25) is 0 Å². The molecule has 1 amide bonds. The fourth-order valence-corrected chi connectivity index (χ4v) is 3.52. The van der Waals surface area contributed by atoms with E-state index >= 15 is 0 Å². The lowest BCUT2D eigenvalue weighted by atomic mass is 10.0. The van der Waals surface area contributed by atoms with Gasteiger partial charge in [0.25, 0.3) is 0 Å². The van der Waals surface area contributed by atoms with Gasteiger partial charge in [-0.25, -0.2) is 0 Å². The van der Waals surface area contributed by atoms with Gasteiger partial charge in [-0.2, -0.15) is 8.42 Å². The molecule has 1 N–H and O–H groups in total. The summed E-state index contributed by atoms with van der Waals surface area (Å²) in [6, 6.07) is 13.3. The van der Waals surface area contributed by atoms with Crippen molar-refractivity contribution in [3.63, 3.8) is 0 Å². The van der Waals surface area contributed by atoms with E-state index in [0.717, 1.165) is 0 Å². The van der Waals surface area contributed by atoms with E-state index in [1.54, 1.807) is 51.1 Å².